The van der Waals surface area contributed by atoms with Gasteiger partial charge in [0.15, 0.2) is 0 Å². The van der Waals surface area contributed by atoms with Gasteiger partial charge in [0.2, 0.25) is 15.6 Å². The minimum Gasteiger partial charge on any atom is -0.465 e. The average molecular weight is 510 g/mol. The van der Waals surface area contributed by atoms with Gasteiger partial charge in [-0.3, -0.25) is 5.32 Å². The van der Waals surface area contributed by atoms with Crippen LogP contribution in [0, 0.1) is 11.8 Å². The van der Waals surface area contributed by atoms with Crippen molar-refractivity contribution in [3.63, 3.8) is 0 Å². The van der Waals surface area contributed by atoms with Crippen LogP contribution < -0.4 is 10.2 Å². The third-order valence-corrected chi connectivity index (χ3v) is 7.67. The van der Waals surface area contributed by atoms with Crippen LogP contribution >= 0.6 is 0 Å². The second-order valence-electron chi connectivity index (χ2n) is 7.94. The molecule has 0 radical (unpaired) electrons. The lowest BCUT2D eigenvalue weighted by Gasteiger charge is -2.40. The number of rotatable bonds is 5. The number of anilines is 2. The number of carbonyl (C=O) groups is 1. The minimum absolute atomic E-state index is 0.0108. The van der Waals surface area contributed by atoms with E-state index >= 15 is 0 Å². The van der Waals surface area contributed by atoms with Crippen LogP contribution in [0.5, 0.6) is 0 Å². The molecule has 2 aromatic rings. The molecule has 2 saturated heterocycles. The molecule has 0 spiro atoms. The number of aromatic nitrogens is 1. The normalized spacial score (nSPS) is 22.7. The van der Waals surface area contributed by atoms with Gasteiger partial charge in [0.05, 0.1) is 6.61 Å². The van der Waals surface area contributed by atoms with E-state index in [-0.39, 0.29) is 35.9 Å². The number of amides is 1. The Morgan fingerprint density at radius 3 is 2.43 bits per heavy atom. The number of ether oxygens (including phenoxy) is 1. The van der Waals surface area contributed by atoms with Gasteiger partial charge in [0, 0.05) is 31.5 Å². The van der Waals surface area contributed by atoms with Crippen molar-refractivity contribution >= 4 is 27.6 Å². The molecule has 4 rings (SSSR count). The number of piperazine rings is 1. The predicted octanol–water partition coefficient (Wildman–Crippen LogP) is 2.86. The topological polar surface area (TPSA) is 115 Å². The Morgan fingerprint density at radius 2 is 1.91 bits per heavy atom. The zero-order valence-corrected chi connectivity index (χ0v) is 19.2. The molecule has 1 aromatic heterocycles. The molecule has 2 atom stereocenters. The zero-order chi connectivity index (χ0) is 25.4. The Kier molecular flexibility index (Phi) is 6.39. The van der Waals surface area contributed by atoms with E-state index in [2.05, 4.69) is 16.8 Å². The average Bonchev–Trinajstić information content (AvgIpc) is 3.62. The number of pyridine rings is 1. The first-order chi connectivity index (χ1) is 16.5. The van der Waals surface area contributed by atoms with Crippen LogP contribution in [0.1, 0.15) is 12.5 Å². The number of nitrogens with one attached hydrogen (secondary N) is 1. The van der Waals surface area contributed by atoms with E-state index in [1.807, 2.05) is 10.2 Å². The van der Waals surface area contributed by atoms with Crippen molar-refractivity contribution in [3.8, 4) is 11.8 Å². The molecule has 1 amide bonds. The molecular formula is C22H21F3N4O5S. The Morgan fingerprint density at radius 1 is 1.23 bits per heavy atom. The fourth-order valence-electron chi connectivity index (χ4n) is 3.93. The highest BCUT2D eigenvalue weighted by atomic mass is 32.2. The van der Waals surface area contributed by atoms with Gasteiger partial charge in [-0.25, -0.2) is 18.2 Å². The van der Waals surface area contributed by atoms with Crippen molar-refractivity contribution in [2.45, 2.75) is 29.6 Å². The van der Waals surface area contributed by atoms with Crippen LogP contribution in [0.15, 0.2) is 47.5 Å². The van der Waals surface area contributed by atoms with E-state index in [4.69, 9.17) is 9.84 Å². The Hall–Kier alpha value is -3.34. The monoisotopic (exact) mass is 510 g/mol. The summed E-state index contributed by atoms with van der Waals surface area (Å²) in [5.74, 6) is 5.74. The lowest BCUT2D eigenvalue weighted by Crippen LogP contribution is -2.54. The summed E-state index contributed by atoms with van der Waals surface area (Å²) >= 11 is 0. The summed E-state index contributed by atoms with van der Waals surface area (Å²) in [6.45, 7) is 1.58. The van der Waals surface area contributed by atoms with Crippen molar-refractivity contribution in [1.29, 1.82) is 0 Å². The summed E-state index contributed by atoms with van der Waals surface area (Å²) < 4.78 is 72.2. The first kappa shape index (κ1) is 24.8. The van der Waals surface area contributed by atoms with Gasteiger partial charge in [-0.15, -0.1) is 5.92 Å². The van der Waals surface area contributed by atoms with Crippen LogP contribution in [0.2, 0.25) is 0 Å². The van der Waals surface area contributed by atoms with Crippen LogP contribution in [-0.2, 0) is 20.4 Å². The van der Waals surface area contributed by atoms with E-state index in [1.54, 1.807) is 19.1 Å². The number of sulfonamides is 1. The number of epoxide rings is 1. The van der Waals surface area contributed by atoms with E-state index in [0.29, 0.717) is 5.69 Å². The quantitative estimate of drug-likeness (QED) is 0.470. The maximum Gasteiger partial charge on any atom is 0.424 e. The molecule has 2 aliphatic rings. The van der Waals surface area contributed by atoms with Gasteiger partial charge in [0.25, 0.3) is 0 Å². The standard InChI is InChI=1S/C22H21F3N4O5S/c1-2-3-17-13-28(35(32,33)18-8-9-19(26-12-18)27-20(30)31)10-11-29(17)16-6-4-15(5-7-16)21(14-34-21)22(23,24)25/h4-9,12,17H,10-11,13-14H2,1H3,(H,26,27)(H,30,31)/t17-,21?/m0/s1. The highest BCUT2D eigenvalue weighted by molar-refractivity contribution is 7.89. The fraction of sp³-hybridized carbons (Fsp3) is 0.364. The van der Waals surface area contributed by atoms with E-state index in [1.165, 1.54) is 28.6 Å². The van der Waals surface area contributed by atoms with Gasteiger partial charge < -0.3 is 14.7 Å². The number of nitrogens with zero attached hydrogens (tertiary/aromatic N) is 3. The second-order valence-corrected chi connectivity index (χ2v) is 9.87. The highest BCUT2D eigenvalue weighted by Crippen LogP contribution is 2.51. The van der Waals surface area contributed by atoms with Crippen molar-refractivity contribution in [3.05, 3.63) is 48.2 Å². The fourth-order valence-corrected chi connectivity index (χ4v) is 5.31. The first-order valence-electron chi connectivity index (χ1n) is 10.4. The van der Waals surface area contributed by atoms with Crippen LogP contribution in [-0.4, -0.2) is 67.4 Å². The van der Waals surface area contributed by atoms with Crippen molar-refractivity contribution in [2.75, 3.05) is 36.5 Å². The molecule has 2 N–H and O–H groups in total. The van der Waals surface area contributed by atoms with Gasteiger partial charge in [-0.2, -0.15) is 17.5 Å². The molecule has 13 heteroatoms. The molecule has 3 heterocycles. The summed E-state index contributed by atoms with van der Waals surface area (Å²) in [6.07, 6.45) is -4.76. The molecule has 186 valence electrons. The minimum atomic E-state index is -4.51. The smallest absolute Gasteiger partial charge is 0.424 e. The molecule has 1 aromatic carbocycles. The molecular weight excluding hydrogens is 489 g/mol. The number of hydrogen-bond donors (Lipinski definition) is 2. The molecule has 35 heavy (non-hydrogen) atoms. The molecule has 2 fully saturated rings. The second kappa shape index (κ2) is 9.03. The number of hydrogen-bond acceptors (Lipinski definition) is 6. The third kappa shape index (κ3) is 4.77. The Bertz CT molecular complexity index is 1270. The number of halogens is 3. The molecule has 9 nitrogen and oxygen atoms in total. The van der Waals surface area contributed by atoms with Crippen LogP contribution in [0.25, 0.3) is 0 Å². The number of carboxylic acid groups (broad SMARTS) is 1. The summed E-state index contributed by atoms with van der Waals surface area (Å²) in [5, 5.41) is 10.8. The van der Waals surface area contributed by atoms with Crippen LogP contribution in [0.4, 0.5) is 29.5 Å². The van der Waals surface area contributed by atoms with E-state index in [9.17, 15) is 26.4 Å². The van der Waals surface area contributed by atoms with Gasteiger partial charge in [-0.1, -0.05) is 18.1 Å². The van der Waals surface area contributed by atoms with Crippen molar-refractivity contribution < 1.29 is 36.2 Å². The van der Waals surface area contributed by atoms with Gasteiger partial charge in [0.1, 0.15) is 16.8 Å². The zero-order valence-electron chi connectivity index (χ0n) is 18.4. The molecule has 1 unspecified atom stereocenters. The largest absolute Gasteiger partial charge is 0.465 e. The maximum absolute atomic E-state index is 13.3. The lowest BCUT2D eigenvalue weighted by molar-refractivity contribution is -0.187. The molecule has 0 saturated carbocycles. The summed E-state index contributed by atoms with van der Waals surface area (Å²) in [6, 6.07) is 7.81. The number of alkyl halides is 3. The van der Waals surface area contributed by atoms with E-state index in [0.717, 1.165) is 6.20 Å². The molecule has 2 aliphatic heterocycles. The van der Waals surface area contributed by atoms with E-state index < -0.39 is 40.5 Å². The maximum atomic E-state index is 13.3. The number of benzene rings is 1. The first-order valence-corrected chi connectivity index (χ1v) is 11.9. The van der Waals surface area contributed by atoms with Gasteiger partial charge >= 0.3 is 12.3 Å². The highest BCUT2D eigenvalue weighted by Gasteiger charge is 2.67. The van der Waals surface area contributed by atoms with Crippen molar-refractivity contribution in [1.82, 2.24) is 9.29 Å². The molecule has 0 bridgehead atoms. The summed E-state index contributed by atoms with van der Waals surface area (Å²) in [5.41, 5.74) is -1.63. The Balaban J connectivity index is 1.52. The molecule has 0 aliphatic carbocycles. The predicted molar refractivity (Wildman–Crippen MR) is 119 cm³/mol. The Labute approximate surface area is 199 Å². The van der Waals surface area contributed by atoms with Crippen molar-refractivity contribution in [2.24, 2.45) is 0 Å². The third-order valence-electron chi connectivity index (χ3n) is 5.82. The van der Waals surface area contributed by atoms with Gasteiger partial charge in [-0.05, 0) is 36.8 Å². The SMILES string of the molecule is CC#C[C@H]1CN(S(=O)(=O)c2ccc(NC(=O)O)nc2)CCN1c1ccc(C2(C(F)(F)F)CO2)cc1. The van der Waals surface area contributed by atoms with Crippen LogP contribution in [0.3, 0.4) is 0 Å². The lowest BCUT2D eigenvalue weighted by atomic mass is 9.98. The summed E-state index contributed by atoms with van der Waals surface area (Å²) in [4.78, 5) is 16.3. The summed E-state index contributed by atoms with van der Waals surface area (Å²) in [7, 11) is -3.94.